The second-order valence-corrected chi connectivity index (χ2v) is 1.56. The molecule has 0 fully saturated rings. The Kier molecular flexibility index (Phi) is 0.543. The van der Waals surface area contributed by atoms with E-state index in [9.17, 15) is 4.79 Å². The third-order valence-electron chi connectivity index (χ3n) is 0.895. The van der Waals surface area contributed by atoms with E-state index in [1.807, 2.05) is 0 Å². The van der Waals surface area contributed by atoms with Crippen molar-refractivity contribution in [2.45, 2.75) is 27.0 Å². The van der Waals surface area contributed by atoms with Crippen LogP contribution in [-0.4, -0.2) is 11.1 Å². The van der Waals surface area contributed by atoms with Crippen LogP contribution in [0, 0.1) is 5.41 Å². The normalized spacial score (nSPS) is 25.6. The van der Waals surface area contributed by atoms with Gasteiger partial charge in [-0.25, -0.2) is 0 Å². The van der Waals surface area contributed by atoms with Crippen LogP contribution in [0.3, 0.4) is 0 Å². The number of aliphatic carboxylic acids is 1. The molecule has 0 bridgehead atoms. The molecule has 0 saturated heterocycles. The standard InChI is InChI=1S/C6H12O2/c1-4-6(2,3)5(7)8/h4H2,1-3H3,(H,7,8)/i2D3,3D3. The molecule has 0 radical (unpaired) electrons. The van der Waals surface area contributed by atoms with Crippen LogP contribution in [0.2, 0.25) is 0 Å². The predicted molar refractivity (Wildman–Crippen MR) is 31.7 cm³/mol. The highest BCUT2D eigenvalue weighted by atomic mass is 16.4. The van der Waals surface area contributed by atoms with Crippen molar-refractivity contribution < 1.29 is 18.1 Å². The van der Waals surface area contributed by atoms with Crippen LogP contribution in [0.4, 0.5) is 0 Å². The first-order valence-electron chi connectivity index (χ1n) is 5.24. The molecule has 0 atom stereocenters. The van der Waals surface area contributed by atoms with Crippen molar-refractivity contribution in [1.29, 1.82) is 0 Å². The zero-order chi connectivity index (χ0) is 11.8. The summed E-state index contributed by atoms with van der Waals surface area (Å²) in [6.45, 7) is -4.84. The van der Waals surface area contributed by atoms with Crippen molar-refractivity contribution in [3.05, 3.63) is 0 Å². The molecule has 0 spiro atoms. The number of carboxylic acid groups (broad SMARTS) is 1. The molecular weight excluding hydrogens is 104 g/mol. The van der Waals surface area contributed by atoms with Crippen molar-refractivity contribution in [3.63, 3.8) is 0 Å². The summed E-state index contributed by atoms with van der Waals surface area (Å²) >= 11 is 0. The van der Waals surface area contributed by atoms with E-state index in [0.717, 1.165) is 0 Å². The molecular formula is C6H12O2. The summed E-state index contributed by atoms with van der Waals surface area (Å²) in [6, 6.07) is 0. The van der Waals surface area contributed by atoms with E-state index in [1.165, 1.54) is 6.92 Å². The second kappa shape index (κ2) is 2.16. The maximum Gasteiger partial charge on any atom is 0.309 e. The lowest BCUT2D eigenvalue weighted by molar-refractivity contribution is -0.147. The summed E-state index contributed by atoms with van der Waals surface area (Å²) in [5.41, 5.74) is -2.67. The summed E-state index contributed by atoms with van der Waals surface area (Å²) in [4.78, 5) is 10.8. The highest BCUT2D eigenvalue weighted by Crippen LogP contribution is 2.18. The summed E-state index contributed by atoms with van der Waals surface area (Å²) in [7, 11) is 0. The number of carboxylic acids is 1. The Morgan fingerprint density at radius 3 is 2.38 bits per heavy atom. The highest BCUT2D eigenvalue weighted by Gasteiger charge is 2.23. The molecule has 0 aromatic rings. The summed E-state index contributed by atoms with van der Waals surface area (Å²) in [6.07, 6.45) is -0.463. The topological polar surface area (TPSA) is 37.3 Å². The minimum absolute atomic E-state index is 0.463. The molecule has 0 rings (SSSR count). The van der Waals surface area contributed by atoms with Gasteiger partial charge in [0.1, 0.15) is 0 Å². The molecule has 0 unspecified atom stereocenters. The van der Waals surface area contributed by atoms with Gasteiger partial charge in [0.2, 0.25) is 0 Å². The van der Waals surface area contributed by atoms with Crippen LogP contribution in [0.15, 0.2) is 0 Å². The fraction of sp³-hybridized carbons (Fsp3) is 0.833. The predicted octanol–water partition coefficient (Wildman–Crippen LogP) is 1.51. The van der Waals surface area contributed by atoms with Crippen LogP contribution >= 0.6 is 0 Å². The molecule has 2 nitrogen and oxygen atoms in total. The molecule has 0 saturated carbocycles. The molecule has 0 heterocycles. The zero-order valence-corrected chi connectivity index (χ0v) is 4.56. The largest absolute Gasteiger partial charge is 0.481 e. The van der Waals surface area contributed by atoms with Crippen LogP contribution in [-0.2, 0) is 4.79 Å². The Morgan fingerprint density at radius 1 is 1.88 bits per heavy atom. The van der Waals surface area contributed by atoms with Gasteiger partial charge in [0.15, 0.2) is 0 Å². The van der Waals surface area contributed by atoms with Crippen molar-refractivity contribution in [1.82, 2.24) is 0 Å². The van der Waals surface area contributed by atoms with E-state index in [-0.39, 0.29) is 0 Å². The van der Waals surface area contributed by atoms with Gasteiger partial charge in [0, 0.05) is 8.22 Å². The quantitative estimate of drug-likeness (QED) is 0.602. The lowest BCUT2D eigenvalue weighted by Gasteiger charge is -2.14. The second-order valence-electron chi connectivity index (χ2n) is 1.56. The molecule has 0 aliphatic heterocycles. The molecule has 0 aromatic carbocycles. The van der Waals surface area contributed by atoms with Crippen molar-refractivity contribution in [3.8, 4) is 0 Å². The molecule has 48 valence electrons. The first kappa shape index (κ1) is 2.01. The Morgan fingerprint density at radius 2 is 2.38 bits per heavy atom. The van der Waals surface area contributed by atoms with Gasteiger partial charge in [-0.2, -0.15) is 0 Å². The number of rotatable bonds is 2. The number of carbonyl (C=O) groups is 1. The molecule has 2 heteroatoms. The van der Waals surface area contributed by atoms with Crippen LogP contribution in [0.1, 0.15) is 35.3 Å². The first-order valence-corrected chi connectivity index (χ1v) is 2.24. The van der Waals surface area contributed by atoms with Gasteiger partial charge in [-0.1, -0.05) is 6.92 Å². The van der Waals surface area contributed by atoms with E-state index < -0.39 is 31.5 Å². The smallest absolute Gasteiger partial charge is 0.309 e. The Bertz CT molecular complexity index is 213. The summed E-state index contributed by atoms with van der Waals surface area (Å²) in [5, 5.41) is 8.78. The third kappa shape index (κ3) is 1.52. The van der Waals surface area contributed by atoms with Crippen molar-refractivity contribution in [2.24, 2.45) is 5.41 Å². The fourth-order valence-electron chi connectivity index (χ4n) is 0.151. The average Bonchev–Trinajstić information content (AvgIpc) is 1.80. The van der Waals surface area contributed by atoms with E-state index in [0.29, 0.717) is 0 Å². The molecule has 8 heavy (non-hydrogen) atoms. The molecule has 0 aromatic heterocycles. The first-order chi connectivity index (χ1) is 6.00. The minimum Gasteiger partial charge on any atom is -0.481 e. The van der Waals surface area contributed by atoms with Gasteiger partial charge < -0.3 is 5.11 Å². The van der Waals surface area contributed by atoms with Crippen molar-refractivity contribution in [2.75, 3.05) is 0 Å². The van der Waals surface area contributed by atoms with E-state index in [1.54, 1.807) is 0 Å². The summed E-state index contributed by atoms with van der Waals surface area (Å²) in [5.74, 6) is -1.81. The molecule has 0 aliphatic carbocycles. The maximum atomic E-state index is 10.8. The van der Waals surface area contributed by atoms with Gasteiger partial charge in [0.05, 0.1) is 5.41 Å². The lowest BCUT2D eigenvalue weighted by Crippen LogP contribution is -2.21. The van der Waals surface area contributed by atoms with E-state index in [4.69, 9.17) is 13.3 Å². The number of hydrogen-bond acceptors (Lipinski definition) is 1. The highest BCUT2D eigenvalue weighted by molar-refractivity contribution is 5.73. The zero-order valence-electron chi connectivity index (χ0n) is 10.6. The minimum atomic E-state index is -3.04. The Hall–Kier alpha value is -0.530. The average molecular weight is 122 g/mol. The monoisotopic (exact) mass is 122 g/mol. The fourth-order valence-corrected chi connectivity index (χ4v) is 0.151. The molecule has 0 aliphatic rings. The van der Waals surface area contributed by atoms with Crippen LogP contribution < -0.4 is 0 Å². The SMILES string of the molecule is [2H]C([2H])([2H])C(CC)(C(=O)O)C([2H])([2H])[2H]. The van der Waals surface area contributed by atoms with Crippen LogP contribution in [0.25, 0.3) is 0 Å². The Labute approximate surface area is 57.9 Å². The van der Waals surface area contributed by atoms with Gasteiger partial charge in [-0.3, -0.25) is 4.79 Å². The Balaban J connectivity index is 5.58. The lowest BCUT2D eigenvalue weighted by atomic mass is 9.91. The molecule has 1 N–H and O–H groups in total. The third-order valence-corrected chi connectivity index (χ3v) is 0.895. The van der Waals surface area contributed by atoms with Gasteiger partial charge in [-0.15, -0.1) is 0 Å². The van der Waals surface area contributed by atoms with Crippen LogP contribution in [0.5, 0.6) is 0 Å². The summed E-state index contributed by atoms with van der Waals surface area (Å²) < 4.78 is 42.1. The van der Waals surface area contributed by atoms with E-state index in [2.05, 4.69) is 0 Å². The van der Waals surface area contributed by atoms with Gasteiger partial charge >= 0.3 is 5.97 Å². The molecule has 0 amide bonds. The van der Waals surface area contributed by atoms with Crippen molar-refractivity contribution >= 4 is 5.97 Å². The van der Waals surface area contributed by atoms with E-state index >= 15 is 0 Å². The number of hydrogen-bond donors (Lipinski definition) is 1. The van der Waals surface area contributed by atoms with Gasteiger partial charge in [0.25, 0.3) is 0 Å². The maximum absolute atomic E-state index is 10.8. The van der Waals surface area contributed by atoms with Gasteiger partial charge in [-0.05, 0) is 20.1 Å².